The number of hydrogen-bond donors (Lipinski definition) is 2. The Morgan fingerprint density at radius 1 is 1.29 bits per heavy atom. The summed E-state index contributed by atoms with van der Waals surface area (Å²) >= 11 is 5.84. The molecule has 0 saturated carbocycles. The van der Waals surface area contributed by atoms with Gasteiger partial charge in [0.15, 0.2) is 0 Å². The second-order valence-corrected chi connectivity index (χ2v) is 5.63. The number of allylic oxidation sites excluding steroid dienone is 2. The minimum absolute atomic E-state index is 0.0707. The predicted octanol–water partition coefficient (Wildman–Crippen LogP) is 3.33. The average molecular weight is 308 g/mol. The van der Waals surface area contributed by atoms with Gasteiger partial charge in [0.2, 0.25) is 5.91 Å². The Morgan fingerprint density at radius 3 is 2.57 bits per heavy atom. The van der Waals surface area contributed by atoms with Crippen molar-refractivity contribution in [2.24, 2.45) is 5.92 Å². The van der Waals surface area contributed by atoms with Gasteiger partial charge in [0.25, 0.3) is 0 Å². The van der Waals surface area contributed by atoms with E-state index in [-0.39, 0.29) is 18.2 Å². The third-order valence-corrected chi connectivity index (χ3v) is 3.86. The van der Waals surface area contributed by atoms with Crippen LogP contribution in [0.1, 0.15) is 37.3 Å². The summed E-state index contributed by atoms with van der Waals surface area (Å²) in [5.74, 6) is -1.10. The molecule has 0 spiro atoms. The number of halogens is 1. The highest BCUT2D eigenvalue weighted by Gasteiger charge is 2.23. The van der Waals surface area contributed by atoms with E-state index in [1.807, 2.05) is 6.08 Å². The molecule has 112 valence electrons. The maximum absolute atomic E-state index is 12.3. The van der Waals surface area contributed by atoms with Crippen LogP contribution in [0.25, 0.3) is 0 Å². The van der Waals surface area contributed by atoms with E-state index in [0.717, 1.165) is 18.4 Å². The van der Waals surface area contributed by atoms with Crippen molar-refractivity contribution in [2.45, 2.75) is 31.7 Å². The van der Waals surface area contributed by atoms with Gasteiger partial charge in [-0.25, -0.2) is 0 Å². The third-order valence-electron chi connectivity index (χ3n) is 3.61. The summed E-state index contributed by atoms with van der Waals surface area (Å²) in [6, 6.07) is 6.36. The first kappa shape index (κ1) is 15.6. The number of nitrogens with one attached hydrogen (secondary N) is 1. The maximum Gasteiger partial charge on any atom is 0.305 e. The molecule has 1 aliphatic carbocycles. The van der Waals surface area contributed by atoms with Gasteiger partial charge in [-0.1, -0.05) is 35.9 Å². The molecule has 1 aromatic rings. The molecule has 0 saturated heterocycles. The summed E-state index contributed by atoms with van der Waals surface area (Å²) in [5.41, 5.74) is 0.751. The van der Waals surface area contributed by atoms with Crippen molar-refractivity contribution in [2.75, 3.05) is 0 Å². The molecule has 1 amide bonds. The zero-order chi connectivity index (χ0) is 15.2. The van der Waals surface area contributed by atoms with Crippen molar-refractivity contribution in [1.29, 1.82) is 0 Å². The highest BCUT2D eigenvalue weighted by atomic mass is 35.5. The Labute approximate surface area is 128 Å². The molecule has 0 radical (unpaired) electrons. The Bertz CT molecular complexity index is 539. The monoisotopic (exact) mass is 307 g/mol. The number of benzene rings is 1. The van der Waals surface area contributed by atoms with E-state index in [1.54, 1.807) is 24.3 Å². The zero-order valence-electron chi connectivity index (χ0n) is 11.6. The molecular formula is C16H18ClNO3. The van der Waals surface area contributed by atoms with Crippen LogP contribution in [0.5, 0.6) is 0 Å². The number of carboxylic acid groups (broad SMARTS) is 1. The van der Waals surface area contributed by atoms with Crippen molar-refractivity contribution < 1.29 is 14.7 Å². The summed E-state index contributed by atoms with van der Waals surface area (Å²) in [4.78, 5) is 23.3. The van der Waals surface area contributed by atoms with Crippen molar-refractivity contribution in [3.63, 3.8) is 0 Å². The van der Waals surface area contributed by atoms with Crippen molar-refractivity contribution in [3.05, 3.63) is 47.0 Å². The number of aliphatic carboxylic acids is 1. The third kappa shape index (κ3) is 4.60. The lowest BCUT2D eigenvalue weighted by atomic mass is 9.92. The first-order chi connectivity index (χ1) is 10.1. The molecule has 2 N–H and O–H groups in total. The molecular weight excluding hydrogens is 290 g/mol. The van der Waals surface area contributed by atoms with E-state index in [9.17, 15) is 9.59 Å². The zero-order valence-corrected chi connectivity index (χ0v) is 12.3. The van der Waals surface area contributed by atoms with Gasteiger partial charge in [0.05, 0.1) is 12.5 Å². The molecule has 4 nitrogen and oxygen atoms in total. The normalized spacial score (nSPS) is 19.0. The Balaban J connectivity index is 2.08. The number of amides is 1. The average Bonchev–Trinajstić information content (AvgIpc) is 2.48. The minimum atomic E-state index is -0.946. The summed E-state index contributed by atoms with van der Waals surface area (Å²) in [6.45, 7) is 0. The Kier molecular flexibility index (Phi) is 5.39. The largest absolute Gasteiger partial charge is 0.481 e. The van der Waals surface area contributed by atoms with E-state index in [0.29, 0.717) is 11.4 Å². The second kappa shape index (κ2) is 7.27. The lowest BCUT2D eigenvalue weighted by Gasteiger charge is -2.22. The van der Waals surface area contributed by atoms with E-state index in [2.05, 4.69) is 11.4 Å². The molecule has 0 bridgehead atoms. The number of carbonyl (C=O) groups excluding carboxylic acids is 1. The first-order valence-corrected chi connectivity index (χ1v) is 7.36. The quantitative estimate of drug-likeness (QED) is 0.820. The van der Waals surface area contributed by atoms with Gasteiger partial charge in [-0.05, 0) is 37.0 Å². The van der Waals surface area contributed by atoms with Gasteiger partial charge in [0, 0.05) is 10.9 Å². The Morgan fingerprint density at radius 2 is 2.00 bits per heavy atom. The van der Waals surface area contributed by atoms with Crippen LogP contribution >= 0.6 is 11.6 Å². The van der Waals surface area contributed by atoms with Crippen molar-refractivity contribution in [1.82, 2.24) is 5.32 Å². The summed E-state index contributed by atoms with van der Waals surface area (Å²) < 4.78 is 0. The van der Waals surface area contributed by atoms with Crippen LogP contribution in [0.3, 0.4) is 0 Å². The molecule has 0 fully saturated rings. The minimum Gasteiger partial charge on any atom is -0.481 e. The molecule has 21 heavy (non-hydrogen) atoms. The van der Waals surface area contributed by atoms with Crippen molar-refractivity contribution in [3.8, 4) is 0 Å². The van der Waals surface area contributed by atoms with Crippen LogP contribution in [-0.2, 0) is 9.59 Å². The van der Waals surface area contributed by atoms with Crippen LogP contribution in [0, 0.1) is 5.92 Å². The highest BCUT2D eigenvalue weighted by molar-refractivity contribution is 6.30. The molecule has 0 heterocycles. The fraction of sp³-hybridized carbons (Fsp3) is 0.375. The van der Waals surface area contributed by atoms with E-state index >= 15 is 0 Å². The molecule has 1 aromatic carbocycles. The maximum atomic E-state index is 12.3. The second-order valence-electron chi connectivity index (χ2n) is 5.19. The number of hydrogen-bond acceptors (Lipinski definition) is 2. The SMILES string of the molecule is O=C(O)C[C@@H](NC(=O)[C@H]1CC=CCC1)c1ccc(Cl)cc1. The van der Waals surface area contributed by atoms with Crippen LogP contribution in [0.2, 0.25) is 5.02 Å². The predicted molar refractivity (Wildman–Crippen MR) is 81.1 cm³/mol. The van der Waals surface area contributed by atoms with Crippen LogP contribution in [-0.4, -0.2) is 17.0 Å². The smallest absolute Gasteiger partial charge is 0.305 e. The standard InChI is InChI=1S/C16H18ClNO3/c17-13-8-6-11(7-9-13)14(10-15(19)20)18-16(21)12-4-2-1-3-5-12/h1-2,6-9,12,14H,3-5,10H2,(H,18,21)(H,19,20)/t12-,14+/m0/s1. The molecule has 2 atom stereocenters. The number of rotatable bonds is 5. The lowest BCUT2D eigenvalue weighted by molar-refractivity contribution is -0.138. The molecule has 0 unspecified atom stereocenters. The van der Waals surface area contributed by atoms with Crippen LogP contribution in [0.15, 0.2) is 36.4 Å². The van der Waals surface area contributed by atoms with Crippen LogP contribution in [0.4, 0.5) is 0 Å². The van der Waals surface area contributed by atoms with Gasteiger partial charge in [-0.3, -0.25) is 9.59 Å². The Hall–Kier alpha value is -1.81. The van der Waals surface area contributed by atoms with E-state index in [1.165, 1.54) is 0 Å². The lowest BCUT2D eigenvalue weighted by Crippen LogP contribution is -2.35. The topological polar surface area (TPSA) is 66.4 Å². The molecule has 0 aromatic heterocycles. The fourth-order valence-electron chi connectivity index (χ4n) is 2.44. The number of carboxylic acids is 1. The summed E-state index contributed by atoms with van der Waals surface area (Å²) in [5, 5.41) is 12.5. The van der Waals surface area contributed by atoms with Gasteiger partial charge < -0.3 is 10.4 Å². The van der Waals surface area contributed by atoms with Gasteiger partial charge in [0.1, 0.15) is 0 Å². The van der Waals surface area contributed by atoms with Gasteiger partial charge in [-0.15, -0.1) is 0 Å². The van der Waals surface area contributed by atoms with Gasteiger partial charge >= 0.3 is 5.97 Å². The van der Waals surface area contributed by atoms with Crippen LogP contribution < -0.4 is 5.32 Å². The molecule has 2 rings (SSSR count). The summed E-state index contributed by atoms with van der Waals surface area (Å²) in [6.07, 6.45) is 6.34. The molecule has 1 aliphatic rings. The first-order valence-electron chi connectivity index (χ1n) is 6.99. The molecule has 0 aliphatic heterocycles. The highest BCUT2D eigenvalue weighted by Crippen LogP contribution is 2.23. The van der Waals surface area contributed by atoms with E-state index in [4.69, 9.17) is 16.7 Å². The van der Waals surface area contributed by atoms with E-state index < -0.39 is 12.0 Å². The van der Waals surface area contributed by atoms with Crippen molar-refractivity contribution >= 4 is 23.5 Å². The fourth-order valence-corrected chi connectivity index (χ4v) is 2.57. The number of carbonyl (C=O) groups is 2. The summed E-state index contributed by atoms with van der Waals surface area (Å²) in [7, 11) is 0. The molecule has 5 heteroatoms. The van der Waals surface area contributed by atoms with Gasteiger partial charge in [-0.2, -0.15) is 0 Å².